The summed E-state index contributed by atoms with van der Waals surface area (Å²) in [6.45, 7) is 3.14. The number of hydrogen-bond donors (Lipinski definition) is 1. The molecule has 0 unspecified atom stereocenters. The number of likely N-dealkylation sites (tertiary alicyclic amines) is 1. The van der Waals surface area contributed by atoms with E-state index in [0.717, 1.165) is 24.1 Å². The van der Waals surface area contributed by atoms with Crippen LogP contribution in [-0.4, -0.2) is 48.5 Å². The smallest absolute Gasteiger partial charge is 0.314 e. The van der Waals surface area contributed by atoms with Crippen molar-refractivity contribution < 1.29 is 19.1 Å². The Hall–Kier alpha value is -2.57. The van der Waals surface area contributed by atoms with E-state index in [-0.39, 0.29) is 17.8 Å². The maximum absolute atomic E-state index is 12.8. The average molecular weight is 359 g/mol. The van der Waals surface area contributed by atoms with E-state index in [4.69, 9.17) is 10.5 Å². The van der Waals surface area contributed by atoms with Crippen molar-refractivity contribution in [1.82, 2.24) is 4.90 Å². The van der Waals surface area contributed by atoms with Crippen LogP contribution >= 0.6 is 0 Å². The number of nitrogens with zero attached hydrogens (tertiary/aromatic N) is 2. The van der Waals surface area contributed by atoms with E-state index >= 15 is 0 Å². The number of rotatable bonds is 3. The Morgan fingerprint density at radius 2 is 1.85 bits per heavy atom. The highest BCUT2D eigenvalue weighted by Gasteiger charge is 2.32. The zero-order valence-corrected chi connectivity index (χ0v) is 15.0. The van der Waals surface area contributed by atoms with Crippen molar-refractivity contribution in [3.63, 3.8) is 0 Å². The molecule has 0 saturated carbocycles. The molecule has 0 radical (unpaired) electrons. The van der Waals surface area contributed by atoms with Gasteiger partial charge in [0.1, 0.15) is 0 Å². The number of para-hydroxylation sites is 1. The first kappa shape index (κ1) is 18.2. The number of esters is 1. The lowest BCUT2D eigenvalue weighted by atomic mass is 9.97. The molecule has 0 bridgehead atoms. The third-order valence-electron chi connectivity index (χ3n) is 5.16. The lowest BCUT2D eigenvalue weighted by Crippen LogP contribution is -2.45. The van der Waals surface area contributed by atoms with E-state index in [2.05, 4.69) is 0 Å². The SMILES string of the molecule is C[C@@H](OC(=O)C1CCN(C(N)=O)CC1)C(=O)N1CCCc2ccccc21. The third kappa shape index (κ3) is 3.81. The molecule has 0 spiro atoms. The third-order valence-corrected chi connectivity index (χ3v) is 5.16. The van der Waals surface area contributed by atoms with Crippen LogP contribution in [0, 0.1) is 5.92 Å². The summed E-state index contributed by atoms with van der Waals surface area (Å²) in [6.07, 6.45) is 2.04. The quantitative estimate of drug-likeness (QED) is 0.831. The number of benzene rings is 1. The van der Waals surface area contributed by atoms with E-state index in [9.17, 15) is 14.4 Å². The maximum Gasteiger partial charge on any atom is 0.314 e. The van der Waals surface area contributed by atoms with Crippen LogP contribution in [0.5, 0.6) is 0 Å². The minimum Gasteiger partial charge on any atom is -0.452 e. The normalized spacial score (nSPS) is 18.8. The van der Waals surface area contributed by atoms with Gasteiger partial charge in [0.2, 0.25) is 0 Å². The predicted octanol–water partition coefficient (Wildman–Crippen LogP) is 1.69. The zero-order chi connectivity index (χ0) is 18.7. The number of carbonyl (C=O) groups excluding carboxylic acids is 3. The Morgan fingerprint density at radius 3 is 2.54 bits per heavy atom. The molecule has 2 N–H and O–H groups in total. The standard InChI is InChI=1S/C19H25N3O4/c1-13(26-18(24)15-8-11-21(12-9-15)19(20)25)17(23)22-10-4-6-14-5-2-3-7-16(14)22/h2-3,5,7,13,15H,4,6,8-12H2,1H3,(H2,20,25)/t13-/m1/s1. The van der Waals surface area contributed by atoms with Crippen molar-refractivity contribution in [3.8, 4) is 0 Å². The summed E-state index contributed by atoms with van der Waals surface area (Å²) in [5, 5.41) is 0. The van der Waals surface area contributed by atoms with Crippen molar-refractivity contribution in [3.05, 3.63) is 29.8 Å². The van der Waals surface area contributed by atoms with E-state index in [1.54, 1.807) is 11.8 Å². The summed E-state index contributed by atoms with van der Waals surface area (Å²) in [5.74, 6) is -0.866. The average Bonchev–Trinajstić information content (AvgIpc) is 2.66. The van der Waals surface area contributed by atoms with Gasteiger partial charge in [0.15, 0.2) is 6.10 Å². The van der Waals surface area contributed by atoms with Gasteiger partial charge in [0, 0.05) is 25.3 Å². The van der Waals surface area contributed by atoms with E-state index in [0.29, 0.717) is 32.5 Å². The second-order valence-electron chi connectivity index (χ2n) is 6.90. The lowest BCUT2D eigenvalue weighted by molar-refractivity contribution is -0.159. The summed E-state index contributed by atoms with van der Waals surface area (Å²) in [5.41, 5.74) is 7.30. The molecule has 2 aliphatic heterocycles. The molecule has 2 heterocycles. The number of nitrogens with two attached hydrogens (primary N) is 1. The molecule has 1 fully saturated rings. The molecule has 1 aromatic carbocycles. The van der Waals surface area contributed by atoms with Crippen LogP contribution in [0.2, 0.25) is 0 Å². The summed E-state index contributed by atoms with van der Waals surface area (Å²) in [7, 11) is 0. The van der Waals surface area contributed by atoms with Crippen LogP contribution in [0.3, 0.4) is 0 Å². The van der Waals surface area contributed by atoms with Gasteiger partial charge in [-0.25, -0.2) is 4.79 Å². The van der Waals surface area contributed by atoms with Gasteiger partial charge in [-0.2, -0.15) is 0 Å². The van der Waals surface area contributed by atoms with Gasteiger partial charge in [-0.1, -0.05) is 18.2 Å². The first-order chi connectivity index (χ1) is 12.5. The van der Waals surface area contributed by atoms with E-state index < -0.39 is 12.1 Å². The van der Waals surface area contributed by atoms with E-state index in [1.165, 1.54) is 4.90 Å². The Bertz CT molecular complexity index is 698. The number of urea groups is 1. The lowest BCUT2D eigenvalue weighted by Gasteiger charge is -2.32. The molecule has 7 heteroatoms. The minimum absolute atomic E-state index is 0.194. The van der Waals surface area contributed by atoms with Crippen LogP contribution in [-0.2, 0) is 20.7 Å². The van der Waals surface area contributed by atoms with Crippen molar-refractivity contribution in [2.24, 2.45) is 11.7 Å². The number of fused-ring (bicyclic) bond motifs is 1. The van der Waals surface area contributed by atoms with Crippen molar-refractivity contribution in [2.45, 2.75) is 38.7 Å². The molecule has 0 aromatic heterocycles. The van der Waals surface area contributed by atoms with Crippen LogP contribution in [0.25, 0.3) is 0 Å². The van der Waals surface area contributed by atoms with Crippen LogP contribution < -0.4 is 10.6 Å². The zero-order valence-electron chi connectivity index (χ0n) is 15.0. The molecule has 0 aliphatic carbocycles. The molecule has 7 nitrogen and oxygen atoms in total. The van der Waals surface area contributed by atoms with Crippen LogP contribution in [0.4, 0.5) is 10.5 Å². The predicted molar refractivity (Wildman–Crippen MR) is 96.6 cm³/mol. The first-order valence-corrected chi connectivity index (χ1v) is 9.11. The second-order valence-corrected chi connectivity index (χ2v) is 6.90. The van der Waals surface area contributed by atoms with Gasteiger partial charge in [-0.15, -0.1) is 0 Å². The fraction of sp³-hybridized carbons (Fsp3) is 0.526. The molecular formula is C19H25N3O4. The van der Waals surface area contributed by atoms with Gasteiger partial charge in [-0.3, -0.25) is 9.59 Å². The second kappa shape index (κ2) is 7.76. The van der Waals surface area contributed by atoms with Crippen LogP contribution in [0.1, 0.15) is 31.7 Å². The summed E-state index contributed by atoms with van der Waals surface area (Å²) in [4.78, 5) is 39.6. The summed E-state index contributed by atoms with van der Waals surface area (Å²) in [6, 6.07) is 7.37. The Labute approximate surface area is 153 Å². The van der Waals surface area contributed by atoms with Gasteiger partial charge >= 0.3 is 12.0 Å². The van der Waals surface area contributed by atoms with Gasteiger partial charge < -0.3 is 20.3 Å². The number of primary amides is 1. The van der Waals surface area contributed by atoms with E-state index in [1.807, 2.05) is 24.3 Å². The molecular weight excluding hydrogens is 334 g/mol. The maximum atomic E-state index is 12.8. The Balaban J connectivity index is 1.58. The first-order valence-electron chi connectivity index (χ1n) is 9.11. The molecule has 140 valence electrons. The van der Waals surface area contributed by atoms with Gasteiger partial charge in [-0.05, 0) is 44.2 Å². The summed E-state index contributed by atoms with van der Waals surface area (Å²) >= 11 is 0. The number of aryl methyl sites for hydroxylation is 1. The fourth-order valence-corrected chi connectivity index (χ4v) is 3.64. The Kier molecular flexibility index (Phi) is 5.44. The Morgan fingerprint density at radius 1 is 1.15 bits per heavy atom. The highest BCUT2D eigenvalue weighted by atomic mass is 16.5. The van der Waals surface area contributed by atoms with Gasteiger partial charge in [0.05, 0.1) is 5.92 Å². The molecule has 1 aromatic rings. The number of anilines is 1. The van der Waals surface area contributed by atoms with Crippen molar-refractivity contribution in [2.75, 3.05) is 24.5 Å². The molecule has 3 amide bonds. The monoisotopic (exact) mass is 359 g/mol. The summed E-state index contributed by atoms with van der Waals surface area (Å²) < 4.78 is 5.45. The van der Waals surface area contributed by atoms with Crippen molar-refractivity contribution in [1.29, 1.82) is 0 Å². The number of ether oxygens (including phenoxy) is 1. The molecule has 1 atom stereocenters. The molecule has 1 saturated heterocycles. The highest BCUT2D eigenvalue weighted by Crippen LogP contribution is 2.28. The minimum atomic E-state index is -0.831. The largest absolute Gasteiger partial charge is 0.452 e. The molecule has 3 rings (SSSR count). The molecule has 26 heavy (non-hydrogen) atoms. The van der Waals surface area contributed by atoms with Gasteiger partial charge in [0.25, 0.3) is 5.91 Å². The van der Waals surface area contributed by atoms with Crippen LogP contribution in [0.15, 0.2) is 24.3 Å². The highest BCUT2D eigenvalue weighted by molar-refractivity contribution is 5.98. The number of piperidine rings is 1. The van der Waals surface area contributed by atoms with Crippen molar-refractivity contribution >= 4 is 23.6 Å². The topological polar surface area (TPSA) is 92.9 Å². The number of carbonyl (C=O) groups is 3. The fourth-order valence-electron chi connectivity index (χ4n) is 3.64. The molecule has 2 aliphatic rings. The number of hydrogen-bond acceptors (Lipinski definition) is 4. The number of amides is 3.